The third kappa shape index (κ3) is 5.09. The van der Waals surface area contributed by atoms with E-state index >= 15 is 0 Å². The summed E-state index contributed by atoms with van der Waals surface area (Å²) in [4.78, 5) is 29.4. The number of ether oxygens (including phenoxy) is 1. The molecule has 0 radical (unpaired) electrons. The zero-order chi connectivity index (χ0) is 23.6. The maximum absolute atomic E-state index is 13.0. The van der Waals surface area contributed by atoms with E-state index in [4.69, 9.17) is 27.9 Å². The van der Waals surface area contributed by atoms with Crippen molar-refractivity contribution in [2.75, 3.05) is 27.2 Å². The van der Waals surface area contributed by atoms with E-state index in [1.807, 2.05) is 32.8 Å². The first-order valence-electron chi connectivity index (χ1n) is 10.2. The Bertz CT molecular complexity index is 1050. The summed E-state index contributed by atoms with van der Waals surface area (Å²) in [5, 5.41) is 11.6. The van der Waals surface area contributed by atoms with Crippen molar-refractivity contribution < 1.29 is 19.4 Å². The molecule has 1 aliphatic rings. The van der Waals surface area contributed by atoms with E-state index in [-0.39, 0.29) is 22.5 Å². The molecule has 2 aromatic carbocycles. The molecule has 170 valence electrons. The number of Topliss-reactive ketones (excluding diaryl/α,β-unsaturated/α-hetero) is 1. The predicted molar refractivity (Wildman–Crippen MR) is 126 cm³/mol. The van der Waals surface area contributed by atoms with Gasteiger partial charge >= 0.3 is 0 Å². The Balaban J connectivity index is 2.11. The molecule has 1 atom stereocenters. The number of nitrogens with zero attached hydrogens (tertiary/aromatic N) is 2. The van der Waals surface area contributed by atoms with E-state index < -0.39 is 17.7 Å². The number of hydrogen-bond donors (Lipinski definition) is 1. The number of benzene rings is 2. The molecule has 32 heavy (non-hydrogen) atoms. The molecule has 0 spiro atoms. The summed E-state index contributed by atoms with van der Waals surface area (Å²) < 4.78 is 5.71. The van der Waals surface area contributed by atoms with Gasteiger partial charge in [-0.15, -0.1) is 0 Å². The fourth-order valence-electron chi connectivity index (χ4n) is 3.56. The van der Waals surface area contributed by atoms with Gasteiger partial charge in [0.1, 0.15) is 11.5 Å². The molecule has 1 N–H and O–H groups in total. The van der Waals surface area contributed by atoms with E-state index in [1.165, 1.54) is 17.0 Å². The summed E-state index contributed by atoms with van der Waals surface area (Å²) in [6.45, 7) is 4.75. The number of halogens is 2. The second-order valence-electron chi connectivity index (χ2n) is 8.16. The maximum Gasteiger partial charge on any atom is 0.295 e. The van der Waals surface area contributed by atoms with Crippen LogP contribution in [0.2, 0.25) is 10.0 Å². The summed E-state index contributed by atoms with van der Waals surface area (Å²) in [5.41, 5.74) is 1.03. The van der Waals surface area contributed by atoms with Crippen molar-refractivity contribution in [2.45, 2.75) is 26.0 Å². The first-order chi connectivity index (χ1) is 15.1. The van der Waals surface area contributed by atoms with Gasteiger partial charge in [-0.25, -0.2) is 0 Å². The van der Waals surface area contributed by atoms with E-state index in [0.717, 1.165) is 0 Å². The van der Waals surface area contributed by atoms with Gasteiger partial charge in [-0.1, -0.05) is 35.3 Å². The minimum atomic E-state index is -0.738. The van der Waals surface area contributed by atoms with Gasteiger partial charge in [-0.05, 0) is 63.8 Å². The number of rotatable bonds is 7. The molecule has 1 unspecified atom stereocenters. The van der Waals surface area contributed by atoms with Gasteiger partial charge in [0.2, 0.25) is 0 Å². The van der Waals surface area contributed by atoms with Gasteiger partial charge in [-0.3, -0.25) is 9.59 Å². The van der Waals surface area contributed by atoms with Gasteiger partial charge in [0.15, 0.2) is 0 Å². The number of likely N-dealkylation sites (tertiary alicyclic amines) is 1. The quantitative estimate of drug-likeness (QED) is 0.354. The van der Waals surface area contributed by atoms with Gasteiger partial charge in [-0.2, -0.15) is 0 Å². The lowest BCUT2D eigenvalue weighted by Crippen LogP contribution is -2.35. The summed E-state index contributed by atoms with van der Waals surface area (Å²) in [6, 6.07) is 11.0. The van der Waals surface area contributed by atoms with Crippen LogP contribution in [-0.4, -0.2) is 59.9 Å². The second kappa shape index (κ2) is 9.94. The lowest BCUT2D eigenvalue weighted by Gasteiger charge is -2.26. The summed E-state index contributed by atoms with van der Waals surface area (Å²) in [5.74, 6) is -0.999. The van der Waals surface area contributed by atoms with Crippen molar-refractivity contribution in [3.8, 4) is 5.75 Å². The monoisotopic (exact) mass is 476 g/mol. The number of hydrogen-bond acceptors (Lipinski definition) is 5. The SMILES string of the molecule is CC(C)Oc1ccc(C2/C(=C(/O)c3ccc(Cl)c(Cl)c3)C(=O)C(=O)N2CCN(C)C)cc1. The van der Waals surface area contributed by atoms with Crippen LogP contribution in [0.3, 0.4) is 0 Å². The van der Waals surface area contributed by atoms with E-state index in [0.29, 0.717) is 35.0 Å². The largest absolute Gasteiger partial charge is 0.507 e. The van der Waals surface area contributed by atoms with Crippen LogP contribution in [0.15, 0.2) is 48.0 Å². The maximum atomic E-state index is 13.0. The molecule has 6 nitrogen and oxygen atoms in total. The number of ketones is 1. The van der Waals surface area contributed by atoms with Crippen molar-refractivity contribution >= 4 is 40.7 Å². The Kier molecular flexibility index (Phi) is 7.49. The van der Waals surface area contributed by atoms with Crippen LogP contribution in [-0.2, 0) is 9.59 Å². The summed E-state index contributed by atoms with van der Waals surface area (Å²) in [7, 11) is 3.78. The third-order valence-electron chi connectivity index (χ3n) is 5.09. The van der Waals surface area contributed by atoms with Crippen molar-refractivity contribution in [3.05, 3.63) is 69.2 Å². The van der Waals surface area contributed by atoms with Crippen molar-refractivity contribution in [2.24, 2.45) is 0 Å². The third-order valence-corrected chi connectivity index (χ3v) is 5.83. The molecule has 0 aromatic heterocycles. The van der Waals surface area contributed by atoms with Gasteiger partial charge < -0.3 is 19.6 Å². The van der Waals surface area contributed by atoms with E-state index in [1.54, 1.807) is 30.3 Å². The van der Waals surface area contributed by atoms with Crippen LogP contribution in [0.4, 0.5) is 0 Å². The first kappa shape index (κ1) is 24.1. The molecule has 1 saturated heterocycles. The number of carbonyl (C=O) groups is 2. The molecule has 0 aliphatic carbocycles. The molecule has 3 rings (SSSR count). The summed E-state index contributed by atoms with van der Waals surface area (Å²) in [6.07, 6.45) is 0.0150. The fraction of sp³-hybridized carbons (Fsp3) is 0.333. The number of carbonyl (C=O) groups excluding carboxylic acids is 2. The summed E-state index contributed by atoms with van der Waals surface area (Å²) >= 11 is 12.1. The Hall–Kier alpha value is -2.54. The molecule has 0 saturated carbocycles. The molecule has 1 amide bonds. The van der Waals surface area contributed by atoms with Gasteiger partial charge in [0.25, 0.3) is 11.7 Å². The lowest BCUT2D eigenvalue weighted by molar-refractivity contribution is -0.140. The van der Waals surface area contributed by atoms with Crippen molar-refractivity contribution in [1.82, 2.24) is 9.80 Å². The van der Waals surface area contributed by atoms with Crippen molar-refractivity contribution in [1.29, 1.82) is 0 Å². The minimum Gasteiger partial charge on any atom is -0.507 e. The smallest absolute Gasteiger partial charge is 0.295 e. The number of amides is 1. The lowest BCUT2D eigenvalue weighted by atomic mass is 9.95. The zero-order valence-electron chi connectivity index (χ0n) is 18.4. The first-order valence-corrected chi connectivity index (χ1v) is 11.0. The average Bonchev–Trinajstić information content (AvgIpc) is 2.98. The highest BCUT2D eigenvalue weighted by atomic mass is 35.5. The number of likely N-dealkylation sites (N-methyl/N-ethyl adjacent to an activating group) is 1. The highest BCUT2D eigenvalue weighted by Gasteiger charge is 2.45. The van der Waals surface area contributed by atoms with Crippen LogP contribution in [0, 0.1) is 0 Å². The molecule has 1 heterocycles. The standard InChI is InChI=1S/C24H26Cl2N2O4/c1-14(2)32-17-8-5-15(6-9-17)21-20(22(29)16-7-10-18(25)19(26)13-16)23(30)24(31)28(21)12-11-27(3)4/h5-10,13-14,21,29H,11-12H2,1-4H3/b22-20-. The molecule has 2 aromatic rings. The average molecular weight is 477 g/mol. The Morgan fingerprint density at radius 3 is 2.31 bits per heavy atom. The molecule has 8 heteroatoms. The predicted octanol–water partition coefficient (Wildman–Crippen LogP) is 4.76. The van der Waals surface area contributed by atoms with Gasteiger partial charge in [0, 0.05) is 18.7 Å². The van der Waals surface area contributed by atoms with Crippen molar-refractivity contribution in [3.63, 3.8) is 0 Å². The van der Waals surface area contributed by atoms with Gasteiger partial charge in [0.05, 0.1) is 27.8 Å². The molecule has 1 fully saturated rings. The Morgan fingerprint density at radius 1 is 1.09 bits per heavy atom. The second-order valence-corrected chi connectivity index (χ2v) is 8.97. The van der Waals surface area contributed by atoms with Crippen LogP contribution in [0.25, 0.3) is 5.76 Å². The Morgan fingerprint density at radius 2 is 1.75 bits per heavy atom. The van der Waals surface area contributed by atoms with Crippen LogP contribution >= 0.6 is 23.2 Å². The normalized spacial score (nSPS) is 18.1. The Labute approximate surface area is 198 Å². The number of aliphatic hydroxyl groups is 1. The van der Waals surface area contributed by atoms with E-state index in [2.05, 4.69) is 0 Å². The van der Waals surface area contributed by atoms with Crippen LogP contribution in [0.1, 0.15) is 31.0 Å². The highest BCUT2D eigenvalue weighted by molar-refractivity contribution is 6.46. The molecule has 1 aliphatic heterocycles. The van der Waals surface area contributed by atoms with Crippen LogP contribution < -0.4 is 4.74 Å². The fourth-order valence-corrected chi connectivity index (χ4v) is 3.86. The zero-order valence-corrected chi connectivity index (χ0v) is 19.9. The topological polar surface area (TPSA) is 70.1 Å². The minimum absolute atomic E-state index is 0.0150. The number of aliphatic hydroxyl groups excluding tert-OH is 1. The molecular formula is C24H26Cl2N2O4. The van der Waals surface area contributed by atoms with E-state index in [9.17, 15) is 14.7 Å². The highest BCUT2D eigenvalue weighted by Crippen LogP contribution is 2.40. The molecule has 0 bridgehead atoms. The van der Waals surface area contributed by atoms with Crippen LogP contribution in [0.5, 0.6) is 5.75 Å². The molecular weight excluding hydrogens is 451 g/mol.